The molecule has 1 aromatic rings. The fraction of sp³-hybridized carbons (Fsp3) is 0.722. The quantitative estimate of drug-likeness (QED) is 0.811. The fourth-order valence-electron chi connectivity index (χ4n) is 4.77. The molecule has 1 saturated heterocycles. The molecule has 0 aromatic carbocycles. The minimum Gasteiger partial charge on any atom is -0.468 e. The number of thiocarbonyl (C=S) groups is 1. The van der Waals surface area contributed by atoms with Gasteiger partial charge in [-0.3, -0.25) is 4.90 Å². The van der Waals surface area contributed by atoms with Crippen LogP contribution in [-0.2, 0) is 0 Å². The molecule has 3 fully saturated rings. The van der Waals surface area contributed by atoms with E-state index < -0.39 is 0 Å². The number of hydrogen-bond acceptors (Lipinski definition) is 3. The lowest BCUT2D eigenvalue weighted by molar-refractivity contribution is 0.215. The maximum Gasteiger partial charge on any atom is 0.166 e. The van der Waals surface area contributed by atoms with E-state index in [1.807, 2.05) is 6.07 Å². The Balaban J connectivity index is 1.31. The normalized spacial score (nSPS) is 31.4. The van der Waals surface area contributed by atoms with E-state index >= 15 is 0 Å². The second kappa shape index (κ2) is 6.81. The number of fused-ring (bicyclic) bond motifs is 2. The van der Waals surface area contributed by atoms with Crippen molar-refractivity contribution in [2.45, 2.75) is 50.6 Å². The Morgan fingerprint density at radius 2 is 2.17 bits per heavy atom. The summed E-state index contributed by atoms with van der Waals surface area (Å²) in [6, 6.07) is 4.94. The number of likely N-dealkylation sites (tertiary alicyclic amines) is 1. The van der Waals surface area contributed by atoms with Crippen molar-refractivity contribution in [3.8, 4) is 0 Å². The molecular weight excluding hydrogens is 306 g/mol. The van der Waals surface area contributed by atoms with E-state index in [9.17, 15) is 0 Å². The van der Waals surface area contributed by atoms with Gasteiger partial charge in [0.05, 0.1) is 12.3 Å². The summed E-state index contributed by atoms with van der Waals surface area (Å²) in [7, 11) is 0. The summed E-state index contributed by atoms with van der Waals surface area (Å²) in [5.74, 6) is 2.84. The SMILES string of the molecule is S=C(NC[C@@H](c1ccco1)N1CCCC1)N[C@H]1C[C@H]2CC[C@H]1C2. The highest BCUT2D eigenvalue weighted by molar-refractivity contribution is 7.80. The first-order valence-corrected chi connectivity index (χ1v) is 9.52. The lowest BCUT2D eigenvalue weighted by Gasteiger charge is -2.28. The van der Waals surface area contributed by atoms with Gasteiger partial charge in [-0.2, -0.15) is 0 Å². The highest BCUT2D eigenvalue weighted by atomic mass is 32.1. The van der Waals surface area contributed by atoms with Gasteiger partial charge in [0.15, 0.2) is 5.11 Å². The van der Waals surface area contributed by atoms with Crippen molar-refractivity contribution in [1.82, 2.24) is 15.5 Å². The van der Waals surface area contributed by atoms with E-state index in [0.717, 1.165) is 42.3 Å². The Kier molecular flexibility index (Phi) is 4.58. The summed E-state index contributed by atoms with van der Waals surface area (Å²) < 4.78 is 5.67. The number of hydrogen-bond donors (Lipinski definition) is 2. The van der Waals surface area contributed by atoms with E-state index in [1.54, 1.807) is 6.26 Å². The zero-order valence-corrected chi connectivity index (χ0v) is 14.5. The van der Waals surface area contributed by atoms with Crippen LogP contribution < -0.4 is 10.6 Å². The Hall–Kier alpha value is -1.07. The molecule has 0 unspecified atom stereocenters. The van der Waals surface area contributed by atoms with Crippen LogP contribution in [-0.4, -0.2) is 35.7 Å². The van der Waals surface area contributed by atoms with Gasteiger partial charge >= 0.3 is 0 Å². The molecule has 5 heteroatoms. The van der Waals surface area contributed by atoms with Crippen LogP contribution in [0.25, 0.3) is 0 Å². The second-order valence-corrected chi connectivity index (χ2v) is 7.82. The predicted octanol–water partition coefficient (Wildman–Crippen LogP) is 3.07. The third-order valence-corrected chi connectivity index (χ3v) is 6.23. The number of nitrogens with one attached hydrogen (secondary N) is 2. The summed E-state index contributed by atoms with van der Waals surface area (Å²) in [6.45, 7) is 3.12. The van der Waals surface area contributed by atoms with Crippen molar-refractivity contribution in [2.75, 3.05) is 19.6 Å². The van der Waals surface area contributed by atoms with E-state index in [4.69, 9.17) is 16.6 Å². The number of rotatable bonds is 5. The molecule has 2 aliphatic carbocycles. The molecule has 23 heavy (non-hydrogen) atoms. The van der Waals surface area contributed by atoms with Crippen LogP contribution in [0, 0.1) is 11.8 Å². The van der Waals surface area contributed by atoms with Crippen molar-refractivity contribution in [3.63, 3.8) is 0 Å². The lowest BCUT2D eigenvalue weighted by atomic mass is 9.96. The van der Waals surface area contributed by atoms with Crippen molar-refractivity contribution in [3.05, 3.63) is 24.2 Å². The van der Waals surface area contributed by atoms with Crippen LogP contribution in [0.4, 0.5) is 0 Å². The van der Waals surface area contributed by atoms with E-state index in [1.165, 1.54) is 38.5 Å². The summed E-state index contributed by atoms with van der Waals surface area (Å²) in [5, 5.41) is 7.84. The van der Waals surface area contributed by atoms with Crippen molar-refractivity contribution in [1.29, 1.82) is 0 Å². The first kappa shape index (κ1) is 15.5. The summed E-state index contributed by atoms with van der Waals surface area (Å²) in [4.78, 5) is 2.51. The van der Waals surface area contributed by atoms with E-state index in [-0.39, 0.29) is 6.04 Å². The molecule has 2 saturated carbocycles. The molecule has 4 nitrogen and oxygen atoms in total. The molecule has 2 N–H and O–H groups in total. The monoisotopic (exact) mass is 333 g/mol. The van der Waals surface area contributed by atoms with E-state index in [2.05, 4.69) is 21.6 Å². The number of nitrogens with zero attached hydrogens (tertiary/aromatic N) is 1. The smallest absolute Gasteiger partial charge is 0.166 e. The van der Waals surface area contributed by atoms with Gasteiger partial charge in [-0.15, -0.1) is 0 Å². The molecule has 1 aromatic heterocycles. The van der Waals surface area contributed by atoms with Crippen LogP contribution in [0.1, 0.15) is 50.3 Å². The Labute approximate surface area is 144 Å². The highest BCUT2D eigenvalue weighted by Crippen LogP contribution is 2.44. The third-order valence-electron chi connectivity index (χ3n) is 5.96. The van der Waals surface area contributed by atoms with Gasteiger partial charge in [-0.25, -0.2) is 0 Å². The molecule has 0 amide bonds. The molecule has 0 radical (unpaired) electrons. The van der Waals surface area contributed by atoms with Crippen LogP contribution >= 0.6 is 12.2 Å². The molecule has 3 aliphatic rings. The topological polar surface area (TPSA) is 40.4 Å². The van der Waals surface area contributed by atoms with Crippen LogP contribution in [0.2, 0.25) is 0 Å². The maximum absolute atomic E-state index is 5.67. The van der Waals surface area contributed by atoms with Gasteiger partial charge in [0.25, 0.3) is 0 Å². The Morgan fingerprint density at radius 1 is 1.30 bits per heavy atom. The van der Waals surface area contributed by atoms with Crippen molar-refractivity contribution in [2.24, 2.45) is 11.8 Å². The van der Waals surface area contributed by atoms with Crippen molar-refractivity contribution < 1.29 is 4.42 Å². The first-order chi connectivity index (χ1) is 11.3. The molecule has 126 valence electrons. The van der Waals surface area contributed by atoms with Crippen LogP contribution in [0.15, 0.2) is 22.8 Å². The molecule has 2 heterocycles. The van der Waals surface area contributed by atoms with Gasteiger partial charge in [0.2, 0.25) is 0 Å². The average Bonchev–Trinajstić information content (AvgIpc) is 3.33. The van der Waals surface area contributed by atoms with Gasteiger partial charge in [-0.05, 0) is 81.4 Å². The summed E-state index contributed by atoms with van der Waals surface area (Å²) in [5.41, 5.74) is 0. The van der Waals surface area contributed by atoms with Gasteiger partial charge in [-0.1, -0.05) is 6.42 Å². The van der Waals surface area contributed by atoms with Crippen molar-refractivity contribution >= 4 is 17.3 Å². The number of furan rings is 1. The van der Waals surface area contributed by atoms with Crippen LogP contribution in [0.3, 0.4) is 0 Å². The first-order valence-electron chi connectivity index (χ1n) is 9.11. The molecular formula is C18H27N3OS. The minimum atomic E-state index is 0.285. The fourth-order valence-corrected chi connectivity index (χ4v) is 5.01. The molecule has 4 atom stereocenters. The highest BCUT2D eigenvalue weighted by Gasteiger charge is 2.39. The van der Waals surface area contributed by atoms with E-state index in [0.29, 0.717) is 6.04 Å². The zero-order valence-electron chi connectivity index (χ0n) is 13.7. The van der Waals surface area contributed by atoms with Crippen LogP contribution in [0.5, 0.6) is 0 Å². The summed E-state index contributed by atoms with van der Waals surface area (Å²) in [6.07, 6.45) is 9.86. The molecule has 2 bridgehead atoms. The third kappa shape index (κ3) is 3.41. The maximum atomic E-state index is 5.67. The van der Waals surface area contributed by atoms with Gasteiger partial charge in [0.1, 0.15) is 5.76 Å². The van der Waals surface area contributed by atoms with Gasteiger partial charge < -0.3 is 15.1 Å². The second-order valence-electron chi connectivity index (χ2n) is 7.41. The lowest BCUT2D eigenvalue weighted by Crippen LogP contribution is -2.46. The summed E-state index contributed by atoms with van der Waals surface area (Å²) >= 11 is 5.56. The molecule has 4 rings (SSSR count). The largest absolute Gasteiger partial charge is 0.468 e. The standard InChI is InChI=1S/C18H27N3OS/c23-18(20-15-11-13-5-6-14(15)10-13)19-12-16(17-4-3-9-22-17)21-7-1-2-8-21/h3-4,9,13-16H,1-2,5-8,10-12H2,(H2,19,20,23)/t13-,14-,15-,16-/m0/s1. The predicted molar refractivity (Wildman–Crippen MR) is 95.2 cm³/mol. The minimum absolute atomic E-state index is 0.285. The molecule has 0 spiro atoms. The zero-order chi connectivity index (χ0) is 15.6. The Bertz CT molecular complexity index is 526. The Morgan fingerprint density at radius 3 is 2.83 bits per heavy atom. The molecule has 1 aliphatic heterocycles. The van der Waals surface area contributed by atoms with Gasteiger partial charge in [0, 0.05) is 12.6 Å². The average molecular weight is 334 g/mol.